The standard InChI is InChI=1S/C16H14BrNO2/c17-14-6-1-13(2-7-14)11-20-16(19)10-5-12-3-8-15(18)9-4-12/h1-10H,11,18H2/b10-5+. The van der Waals surface area contributed by atoms with Crippen molar-refractivity contribution in [2.45, 2.75) is 6.61 Å². The molecule has 2 rings (SSSR count). The number of halogens is 1. The van der Waals surface area contributed by atoms with Crippen molar-refractivity contribution in [1.29, 1.82) is 0 Å². The molecule has 3 nitrogen and oxygen atoms in total. The predicted octanol–water partition coefficient (Wildman–Crippen LogP) is 3.79. The number of carbonyl (C=O) groups excluding carboxylic acids is 1. The molecule has 0 heterocycles. The Morgan fingerprint density at radius 1 is 1.10 bits per heavy atom. The Labute approximate surface area is 126 Å². The fraction of sp³-hybridized carbons (Fsp3) is 0.0625. The third kappa shape index (κ3) is 4.55. The van der Waals surface area contributed by atoms with Crippen molar-refractivity contribution >= 4 is 33.7 Å². The normalized spacial score (nSPS) is 10.7. The van der Waals surface area contributed by atoms with Gasteiger partial charge in [0.05, 0.1) is 0 Å². The van der Waals surface area contributed by atoms with E-state index in [0.717, 1.165) is 15.6 Å². The number of nitrogen functional groups attached to an aromatic ring is 1. The van der Waals surface area contributed by atoms with Crippen molar-refractivity contribution in [3.8, 4) is 0 Å². The quantitative estimate of drug-likeness (QED) is 0.526. The van der Waals surface area contributed by atoms with Crippen LogP contribution in [0.1, 0.15) is 11.1 Å². The molecule has 0 aromatic heterocycles. The van der Waals surface area contributed by atoms with E-state index in [1.807, 2.05) is 36.4 Å². The minimum atomic E-state index is -0.371. The molecule has 2 aromatic rings. The molecule has 4 heteroatoms. The number of hydrogen-bond donors (Lipinski definition) is 1. The van der Waals surface area contributed by atoms with Gasteiger partial charge in [0, 0.05) is 16.2 Å². The van der Waals surface area contributed by atoms with E-state index in [1.165, 1.54) is 6.08 Å². The van der Waals surface area contributed by atoms with Crippen molar-refractivity contribution in [2.24, 2.45) is 0 Å². The number of esters is 1. The molecule has 0 aliphatic heterocycles. The average Bonchev–Trinajstić information content (AvgIpc) is 2.46. The van der Waals surface area contributed by atoms with E-state index >= 15 is 0 Å². The lowest BCUT2D eigenvalue weighted by atomic mass is 10.2. The first-order valence-electron chi connectivity index (χ1n) is 6.08. The Bertz CT molecular complexity index is 603. The summed E-state index contributed by atoms with van der Waals surface area (Å²) in [6.45, 7) is 0.262. The first-order valence-corrected chi connectivity index (χ1v) is 6.87. The second-order valence-corrected chi connectivity index (χ2v) is 5.15. The molecule has 0 aliphatic carbocycles. The maximum Gasteiger partial charge on any atom is 0.331 e. The van der Waals surface area contributed by atoms with Crippen LogP contribution in [0, 0.1) is 0 Å². The van der Waals surface area contributed by atoms with Gasteiger partial charge in [0.2, 0.25) is 0 Å². The Balaban J connectivity index is 1.86. The molecule has 0 bridgehead atoms. The summed E-state index contributed by atoms with van der Waals surface area (Å²) in [4.78, 5) is 11.6. The summed E-state index contributed by atoms with van der Waals surface area (Å²) in [5, 5.41) is 0. The van der Waals surface area contributed by atoms with E-state index in [0.29, 0.717) is 5.69 Å². The maximum atomic E-state index is 11.6. The van der Waals surface area contributed by atoms with Gasteiger partial charge in [0.15, 0.2) is 0 Å². The van der Waals surface area contributed by atoms with Gasteiger partial charge < -0.3 is 10.5 Å². The minimum absolute atomic E-state index is 0.262. The van der Waals surface area contributed by atoms with Gasteiger partial charge in [-0.1, -0.05) is 40.2 Å². The lowest BCUT2D eigenvalue weighted by Gasteiger charge is -2.02. The van der Waals surface area contributed by atoms with Gasteiger partial charge in [-0.2, -0.15) is 0 Å². The fourth-order valence-electron chi connectivity index (χ4n) is 1.55. The maximum absolute atomic E-state index is 11.6. The van der Waals surface area contributed by atoms with Gasteiger partial charge in [-0.3, -0.25) is 0 Å². The van der Waals surface area contributed by atoms with Crippen LogP contribution in [0.4, 0.5) is 5.69 Å². The largest absolute Gasteiger partial charge is 0.458 e. The highest BCUT2D eigenvalue weighted by Crippen LogP contribution is 2.11. The second-order valence-electron chi connectivity index (χ2n) is 4.23. The molecule has 2 N–H and O–H groups in total. The minimum Gasteiger partial charge on any atom is -0.458 e. The summed E-state index contributed by atoms with van der Waals surface area (Å²) in [5.74, 6) is -0.371. The van der Waals surface area contributed by atoms with Crippen LogP contribution in [0.2, 0.25) is 0 Å². The Kier molecular flexibility index (Phi) is 4.96. The molecular weight excluding hydrogens is 318 g/mol. The van der Waals surface area contributed by atoms with Gasteiger partial charge in [0.25, 0.3) is 0 Å². The Hall–Kier alpha value is -2.07. The molecule has 0 aliphatic rings. The lowest BCUT2D eigenvalue weighted by Crippen LogP contribution is -2.00. The monoisotopic (exact) mass is 331 g/mol. The van der Waals surface area contributed by atoms with E-state index < -0.39 is 0 Å². The molecule has 0 saturated heterocycles. The SMILES string of the molecule is Nc1ccc(/C=C/C(=O)OCc2ccc(Br)cc2)cc1. The summed E-state index contributed by atoms with van der Waals surface area (Å²) >= 11 is 3.35. The van der Waals surface area contributed by atoms with E-state index in [-0.39, 0.29) is 12.6 Å². The highest BCUT2D eigenvalue weighted by Gasteiger charge is 1.99. The molecule has 0 saturated carbocycles. The highest BCUT2D eigenvalue weighted by atomic mass is 79.9. The van der Waals surface area contributed by atoms with E-state index in [2.05, 4.69) is 15.9 Å². The predicted molar refractivity (Wildman–Crippen MR) is 83.8 cm³/mol. The molecular formula is C16H14BrNO2. The Morgan fingerprint density at radius 2 is 1.75 bits per heavy atom. The second kappa shape index (κ2) is 6.91. The van der Waals surface area contributed by atoms with Gasteiger partial charge in [0.1, 0.15) is 6.61 Å². The van der Waals surface area contributed by atoms with Crippen molar-refractivity contribution in [3.05, 3.63) is 70.2 Å². The number of ether oxygens (including phenoxy) is 1. The van der Waals surface area contributed by atoms with E-state index in [9.17, 15) is 4.79 Å². The zero-order chi connectivity index (χ0) is 14.4. The van der Waals surface area contributed by atoms with Crippen LogP contribution in [0.15, 0.2) is 59.1 Å². The third-order valence-corrected chi connectivity index (χ3v) is 3.17. The number of carbonyl (C=O) groups is 1. The molecule has 2 aromatic carbocycles. The van der Waals surface area contributed by atoms with E-state index in [4.69, 9.17) is 10.5 Å². The molecule has 0 atom stereocenters. The Morgan fingerprint density at radius 3 is 2.40 bits per heavy atom. The zero-order valence-electron chi connectivity index (χ0n) is 10.8. The molecule has 0 fully saturated rings. The summed E-state index contributed by atoms with van der Waals surface area (Å²) in [7, 11) is 0. The summed E-state index contributed by atoms with van der Waals surface area (Å²) < 4.78 is 6.14. The summed E-state index contributed by atoms with van der Waals surface area (Å²) in [6, 6.07) is 14.9. The van der Waals surface area contributed by atoms with Gasteiger partial charge in [-0.05, 0) is 41.5 Å². The van der Waals surface area contributed by atoms with Crippen molar-refractivity contribution in [1.82, 2.24) is 0 Å². The highest BCUT2D eigenvalue weighted by molar-refractivity contribution is 9.10. The van der Waals surface area contributed by atoms with Crippen molar-refractivity contribution < 1.29 is 9.53 Å². The topological polar surface area (TPSA) is 52.3 Å². The molecule has 0 unspecified atom stereocenters. The van der Waals surface area contributed by atoms with Crippen LogP contribution in [-0.4, -0.2) is 5.97 Å². The van der Waals surface area contributed by atoms with Crippen LogP contribution in [0.3, 0.4) is 0 Å². The van der Waals surface area contributed by atoms with Crippen LogP contribution in [0.25, 0.3) is 6.08 Å². The van der Waals surface area contributed by atoms with Crippen LogP contribution >= 0.6 is 15.9 Å². The summed E-state index contributed by atoms with van der Waals surface area (Å²) in [6.07, 6.45) is 3.10. The molecule has 0 spiro atoms. The van der Waals surface area contributed by atoms with Gasteiger partial charge >= 0.3 is 5.97 Å². The van der Waals surface area contributed by atoms with Crippen molar-refractivity contribution in [2.75, 3.05) is 5.73 Å². The van der Waals surface area contributed by atoms with Gasteiger partial charge in [-0.25, -0.2) is 4.79 Å². The number of nitrogens with two attached hydrogens (primary N) is 1. The first kappa shape index (κ1) is 14.3. The number of benzene rings is 2. The molecule has 0 amide bonds. The van der Waals surface area contributed by atoms with Crippen LogP contribution in [0.5, 0.6) is 0 Å². The molecule has 0 radical (unpaired) electrons. The van der Waals surface area contributed by atoms with Gasteiger partial charge in [-0.15, -0.1) is 0 Å². The van der Waals surface area contributed by atoms with Crippen LogP contribution in [-0.2, 0) is 16.1 Å². The van der Waals surface area contributed by atoms with Crippen molar-refractivity contribution in [3.63, 3.8) is 0 Å². The number of rotatable bonds is 4. The number of anilines is 1. The first-order chi connectivity index (χ1) is 9.63. The third-order valence-electron chi connectivity index (χ3n) is 2.64. The fourth-order valence-corrected chi connectivity index (χ4v) is 1.82. The van der Waals surface area contributed by atoms with Crippen LogP contribution < -0.4 is 5.73 Å². The summed E-state index contributed by atoms with van der Waals surface area (Å²) in [5.41, 5.74) is 8.13. The smallest absolute Gasteiger partial charge is 0.331 e. The molecule has 102 valence electrons. The number of hydrogen-bond acceptors (Lipinski definition) is 3. The molecule has 20 heavy (non-hydrogen) atoms. The average molecular weight is 332 g/mol. The van der Waals surface area contributed by atoms with E-state index in [1.54, 1.807) is 18.2 Å². The lowest BCUT2D eigenvalue weighted by molar-refractivity contribution is -0.138. The zero-order valence-corrected chi connectivity index (χ0v) is 12.3.